The largest absolute Gasteiger partial charge is 0.426 e. The van der Waals surface area contributed by atoms with Crippen molar-refractivity contribution in [3.05, 3.63) is 29.8 Å². The van der Waals surface area contributed by atoms with Gasteiger partial charge in [0.2, 0.25) is 0 Å². The number of carbonyl (C=O) groups is 3. The molecule has 1 saturated heterocycles. The van der Waals surface area contributed by atoms with E-state index >= 15 is 0 Å². The molecule has 0 atom stereocenters. The molecule has 0 spiro atoms. The zero-order valence-electron chi connectivity index (χ0n) is 9.84. The molecule has 1 aliphatic heterocycles. The van der Waals surface area contributed by atoms with Gasteiger partial charge in [-0.1, -0.05) is 18.2 Å². The molecule has 0 aliphatic carbocycles. The maximum absolute atomic E-state index is 11.2. The van der Waals surface area contributed by atoms with Gasteiger partial charge in [-0.05, 0) is 11.6 Å². The van der Waals surface area contributed by atoms with Gasteiger partial charge in [-0.2, -0.15) is 0 Å². The first kappa shape index (κ1) is 12.3. The van der Waals surface area contributed by atoms with E-state index in [1.165, 1.54) is 6.92 Å². The normalized spacial score (nSPS) is 16.3. The van der Waals surface area contributed by atoms with Crippen molar-refractivity contribution in [3.8, 4) is 5.75 Å². The number of ether oxygens (including phenoxy) is 2. The van der Waals surface area contributed by atoms with Crippen LogP contribution in [-0.4, -0.2) is 17.9 Å². The summed E-state index contributed by atoms with van der Waals surface area (Å²) in [5, 5.41) is 0. The van der Waals surface area contributed by atoms with E-state index in [1.807, 2.05) is 0 Å². The van der Waals surface area contributed by atoms with Crippen molar-refractivity contribution in [3.63, 3.8) is 0 Å². The lowest BCUT2D eigenvalue weighted by atomic mass is 9.90. The zero-order chi connectivity index (χ0) is 13.1. The van der Waals surface area contributed by atoms with Crippen molar-refractivity contribution in [1.29, 1.82) is 0 Å². The van der Waals surface area contributed by atoms with E-state index in [-0.39, 0.29) is 18.8 Å². The Morgan fingerprint density at radius 2 is 1.83 bits per heavy atom. The summed E-state index contributed by atoms with van der Waals surface area (Å²) in [5.41, 5.74) is 0.678. The first-order valence-corrected chi connectivity index (χ1v) is 5.57. The Labute approximate surface area is 104 Å². The maximum Gasteiger partial charge on any atom is 0.314 e. The number of hydrogen-bond donors (Lipinski definition) is 0. The van der Waals surface area contributed by atoms with Gasteiger partial charge in [-0.15, -0.1) is 0 Å². The molecule has 5 nitrogen and oxygen atoms in total. The summed E-state index contributed by atoms with van der Waals surface area (Å²) in [7, 11) is 0. The fraction of sp³-hybridized carbons (Fsp3) is 0.308. The molecule has 1 aromatic rings. The van der Waals surface area contributed by atoms with Crippen molar-refractivity contribution in [1.82, 2.24) is 0 Å². The highest BCUT2D eigenvalue weighted by molar-refractivity contribution is 5.89. The fourth-order valence-corrected chi connectivity index (χ4v) is 1.97. The third-order valence-corrected chi connectivity index (χ3v) is 2.67. The molecule has 5 heteroatoms. The molecule has 94 valence electrons. The van der Waals surface area contributed by atoms with Gasteiger partial charge in [0.05, 0.1) is 12.8 Å². The molecule has 18 heavy (non-hydrogen) atoms. The van der Waals surface area contributed by atoms with E-state index < -0.39 is 17.9 Å². The second-order valence-corrected chi connectivity index (χ2v) is 4.08. The summed E-state index contributed by atoms with van der Waals surface area (Å²) in [4.78, 5) is 33.5. The number of cyclic esters (lactones) is 2. The van der Waals surface area contributed by atoms with Crippen LogP contribution in [0.2, 0.25) is 0 Å². The lowest BCUT2D eigenvalue weighted by Crippen LogP contribution is -2.24. The van der Waals surface area contributed by atoms with Crippen LogP contribution in [0.15, 0.2) is 24.3 Å². The van der Waals surface area contributed by atoms with Crippen LogP contribution in [0.3, 0.4) is 0 Å². The summed E-state index contributed by atoms with van der Waals surface area (Å²) >= 11 is 0. The van der Waals surface area contributed by atoms with E-state index in [4.69, 9.17) is 4.74 Å². The Morgan fingerprint density at radius 3 is 2.44 bits per heavy atom. The molecule has 0 saturated carbocycles. The predicted octanol–water partition coefficient (Wildman–Crippen LogP) is 1.56. The number of para-hydroxylation sites is 1. The Morgan fingerprint density at radius 1 is 1.22 bits per heavy atom. The highest BCUT2D eigenvalue weighted by atomic mass is 16.6. The first-order valence-electron chi connectivity index (χ1n) is 5.57. The molecular formula is C13H12O5. The highest BCUT2D eigenvalue weighted by Gasteiger charge is 2.30. The number of carbonyl (C=O) groups excluding carboxylic acids is 3. The molecule has 0 unspecified atom stereocenters. The van der Waals surface area contributed by atoms with Crippen LogP contribution in [0.1, 0.15) is 31.2 Å². The average Bonchev–Trinajstić information content (AvgIpc) is 2.27. The molecule has 1 aromatic carbocycles. The van der Waals surface area contributed by atoms with Crippen molar-refractivity contribution in [2.75, 3.05) is 0 Å². The maximum atomic E-state index is 11.2. The van der Waals surface area contributed by atoms with Gasteiger partial charge in [-0.3, -0.25) is 14.4 Å². The summed E-state index contributed by atoms with van der Waals surface area (Å²) in [5.74, 6) is -1.44. The lowest BCUT2D eigenvalue weighted by molar-refractivity contribution is -0.163. The van der Waals surface area contributed by atoms with E-state index in [0.29, 0.717) is 11.3 Å². The van der Waals surface area contributed by atoms with Gasteiger partial charge < -0.3 is 9.47 Å². The molecule has 0 N–H and O–H groups in total. The SMILES string of the molecule is CC(=O)Oc1ccccc1C1CC(=O)OC(=O)C1. The molecular weight excluding hydrogens is 236 g/mol. The monoisotopic (exact) mass is 248 g/mol. The van der Waals surface area contributed by atoms with Crippen molar-refractivity contribution >= 4 is 17.9 Å². The van der Waals surface area contributed by atoms with E-state index in [0.717, 1.165) is 0 Å². The van der Waals surface area contributed by atoms with Gasteiger partial charge in [0.1, 0.15) is 5.75 Å². The molecule has 0 amide bonds. The molecule has 0 aromatic heterocycles. The quantitative estimate of drug-likeness (QED) is 0.451. The smallest absolute Gasteiger partial charge is 0.314 e. The molecule has 1 aliphatic rings. The average molecular weight is 248 g/mol. The van der Waals surface area contributed by atoms with Gasteiger partial charge >= 0.3 is 17.9 Å². The first-order chi connectivity index (χ1) is 8.56. The van der Waals surface area contributed by atoms with Crippen molar-refractivity contribution < 1.29 is 23.9 Å². The summed E-state index contributed by atoms with van der Waals surface area (Å²) in [6.45, 7) is 1.30. The molecule has 0 bridgehead atoms. The predicted molar refractivity (Wildman–Crippen MR) is 60.8 cm³/mol. The zero-order valence-corrected chi connectivity index (χ0v) is 9.84. The summed E-state index contributed by atoms with van der Waals surface area (Å²) < 4.78 is 9.54. The van der Waals surface area contributed by atoms with E-state index in [9.17, 15) is 14.4 Å². The number of rotatable bonds is 2. The number of benzene rings is 1. The second kappa shape index (κ2) is 5.00. The molecule has 1 heterocycles. The Kier molecular flexibility index (Phi) is 3.41. The van der Waals surface area contributed by atoms with Crippen LogP contribution in [0.5, 0.6) is 5.75 Å². The van der Waals surface area contributed by atoms with E-state index in [2.05, 4.69) is 4.74 Å². The number of esters is 3. The van der Waals surface area contributed by atoms with Crippen LogP contribution in [0, 0.1) is 0 Å². The van der Waals surface area contributed by atoms with Gasteiger partial charge in [0.25, 0.3) is 0 Å². The summed E-state index contributed by atoms with van der Waals surface area (Å²) in [6.07, 6.45) is 0.230. The minimum atomic E-state index is -0.547. The lowest BCUT2D eigenvalue weighted by Gasteiger charge is -2.21. The third kappa shape index (κ3) is 2.74. The molecule has 2 rings (SSSR count). The van der Waals surface area contributed by atoms with Gasteiger partial charge in [0, 0.05) is 12.8 Å². The minimum absolute atomic E-state index is 0.115. The van der Waals surface area contributed by atoms with Gasteiger partial charge in [-0.25, -0.2) is 0 Å². The second-order valence-electron chi connectivity index (χ2n) is 4.08. The number of hydrogen-bond acceptors (Lipinski definition) is 5. The van der Waals surface area contributed by atoms with E-state index in [1.54, 1.807) is 24.3 Å². The van der Waals surface area contributed by atoms with Crippen LogP contribution in [0.4, 0.5) is 0 Å². The third-order valence-electron chi connectivity index (χ3n) is 2.67. The van der Waals surface area contributed by atoms with Gasteiger partial charge in [0.15, 0.2) is 0 Å². The van der Waals surface area contributed by atoms with Crippen molar-refractivity contribution in [2.24, 2.45) is 0 Å². The Bertz CT molecular complexity index is 490. The van der Waals surface area contributed by atoms with Crippen LogP contribution in [-0.2, 0) is 19.1 Å². The Hall–Kier alpha value is -2.17. The molecule has 0 radical (unpaired) electrons. The standard InChI is InChI=1S/C13H12O5/c1-8(14)17-11-5-3-2-4-10(11)9-6-12(15)18-13(16)7-9/h2-5,9H,6-7H2,1H3. The van der Waals surface area contributed by atoms with Crippen LogP contribution < -0.4 is 4.74 Å². The van der Waals surface area contributed by atoms with Crippen LogP contribution in [0.25, 0.3) is 0 Å². The minimum Gasteiger partial charge on any atom is -0.426 e. The highest BCUT2D eigenvalue weighted by Crippen LogP contribution is 2.34. The molecule has 1 fully saturated rings. The topological polar surface area (TPSA) is 69.7 Å². The summed E-state index contributed by atoms with van der Waals surface area (Å²) in [6, 6.07) is 6.88. The Balaban J connectivity index is 2.29. The van der Waals surface area contributed by atoms with Crippen LogP contribution >= 0.6 is 0 Å². The van der Waals surface area contributed by atoms with Crippen molar-refractivity contribution in [2.45, 2.75) is 25.7 Å². The fourth-order valence-electron chi connectivity index (χ4n) is 1.97.